The Balaban J connectivity index is 1.40. The molecule has 4 aromatic heterocycles. The van der Waals surface area contributed by atoms with Crippen LogP contribution in [0.15, 0.2) is 47.1 Å². The van der Waals surface area contributed by atoms with E-state index in [1.165, 1.54) is 0 Å². The van der Waals surface area contributed by atoms with Crippen LogP contribution in [0.3, 0.4) is 0 Å². The van der Waals surface area contributed by atoms with Gasteiger partial charge in [0.15, 0.2) is 11.6 Å². The molecular weight excluding hydrogens is 416 g/mol. The normalized spacial score (nSPS) is 16.1. The zero-order chi connectivity index (χ0) is 21.2. The number of H-pyrrole nitrogens is 1. The summed E-state index contributed by atoms with van der Waals surface area (Å²) in [6, 6.07) is 11.3. The Kier molecular flexibility index (Phi) is 5.25. The van der Waals surface area contributed by atoms with Crippen LogP contribution in [0, 0.1) is 0 Å². The molecule has 1 atom stereocenters. The van der Waals surface area contributed by atoms with Gasteiger partial charge in [-0.15, -0.1) is 0 Å². The van der Waals surface area contributed by atoms with Gasteiger partial charge in [-0.2, -0.15) is 10.1 Å². The van der Waals surface area contributed by atoms with E-state index in [9.17, 15) is 0 Å². The van der Waals surface area contributed by atoms with Crippen LogP contribution < -0.4 is 10.2 Å². The first-order valence-corrected chi connectivity index (χ1v) is 10.6. The number of aryl methyl sites for hydroxylation is 1. The average Bonchev–Trinajstić information content (AvgIpc) is 3.54. The lowest BCUT2D eigenvalue weighted by molar-refractivity contribution is 0.362. The van der Waals surface area contributed by atoms with Crippen molar-refractivity contribution in [3.05, 3.63) is 59.2 Å². The van der Waals surface area contributed by atoms with Gasteiger partial charge in [-0.3, -0.25) is 10.1 Å². The van der Waals surface area contributed by atoms with Crippen LogP contribution in [0.25, 0.3) is 11.4 Å². The predicted octanol–water partition coefficient (Wildman–Crippen LogP) is 4.55. The topological polar surface area (TPSA) is 109 Å². The number of nitrogens with zero attached hydrogens (tertiary/aromatic N) is 6. The number of nitrogens with one attached hydrogen (secondary N) is 2. The number of aromatic nitrogens is 6. The number of anilines is 3. The average molecular weight is 437 g/mol. The Hall–Kier alpha value is -3.46. The molecule has 31 heavy (non-hydrogen) atoms. The summed E-state index contributed by atoms with van der Waals surface area (Å²) in [7, 11) is 0. The van der Waals surface area contributed by atoms with Gasteiger partial charge in [0.05, 0.1) is 11.7 Å². The Labute approximate surface area is 183 Å². The van der Waals surface area contributed by atoms with Crippen LogP contribution in [0.2, 0.25) is 5.15 Å². The van der Waals surface area contributed by atoms with E-state index < -0.39 is 0 Å². The van der Waals surface area contributed by atoms with Gasteiger partial charge in [-0.1, -0.05) is 29.7 Å². The van der Waals surface area contributed by atoms with Crippen molar-refractivity contribution in [2.75, 3.05) is 16.8 Å². The van der Waals surface area contributed by atoms with Gasteiger partial charge in [0.1, 0.15) is 16.7 Å². The van der Waals surface area contributed by atoms with Crippen molar-refractivity contribution in [3.63, 3.8) is 0 Å². The van der Waals surface area contributed by atoms with Gasteiger partial charge in [-0.25, -0.2) is 4.98 Å². The molecule has 1 aliphatic heterocycles. The summed E-state index contributed by atoms with van der Waals surface area (Å²) in [6.07, 6.45) is 4.51. The van der Waals surface area contributed by atoms with Crippen molar-refractivity contribution in [1.82, 2.24) is 30.3 Å². The molecule has 158 valence electrons. The van der Waals surface area contributed by atoms with E-state index in [1.807, 2.05) is 30.3 Å². The van der Waals surface area contributed by atoms with E-state index in [0.29, 0.717) is 28.4 Å². The molecule has 5 heterocycles. The standard InChI is InChI=1S/C21H21ClN8O/c1-2-13-10-20(28-27-13)25-19-12-18(22)24-21(26-19)30-9-5-7-16(30)17-11-15(29-31-17)14-6-3-4-8-23-14/h3-4,6,8,10-12,16H,2,5,7,9H2,1H3,(H2,24,25,26,27,28)/t16-/m0/s1. The van der Waals surface area contributed by atoms with Crippen LogP contribution in [-0.2, 0) is 6.42 Å². The number of hydrogen-bond donors (Lipinski definition) is 2. The molecule has 0 aliphatic carbocycles. The first-order valence-electron chi connectivity index (χ1n) is 10.2. The summed E-state index contributed by atoms with van der Waals surface area (Å²) in [5, 5.41) is 15.0. The van der Waals surface area contributed by atoms with Crippen LogP contribution in [0.4, 0.5) is 17.6 Å². The first kappa shape index (κ1) is 19.5. The van der Waals surface area contributed by atoms with Gasteiger partial charge in [0.2, 0.25) is 5.95 Å². The van der Waals surface area contributed by atoms with Gasteiger partial charge in [0, 0.05) is 36.6 Å². The monoisotopic (exact) mass is 436 g/mol. The maximum absolute atomic E-state index is 6.31. The second-order valence-corrected chi connectivity index (χ2v) is 7.70. The number of halogens is 1. The Morgan fingerprint density at radius 3 is 2.94 bits per heavy atom. The number of rotatable bonds is 6. The molecule has 2 N–H and O–H groups in total. The minimum absolute atomic E-state index is 0.0200. The molecule has 9 nitrogen and oxygen atoms in total. The lowest BCUT2D eigenvalue weighted by Crippen LogP contribution is -2.24. The smallest absolute Gasteiger partial charge is 0.229 e. The molecule has 1 aliphatic rings. The SMILES string of the molecule is CCc1cc(Nc2cc(Cl)nc(N3CCC[C@H]3c3cc(-c4ccccn4)no3)n2)n[nH]1. The zero-order valence-electron chi connectivity index (χ0n) is 16.9. The van der Waals surface area contributed by atoms with Crippen molar-refractivity contribution in [1.29, 1.82) is 0 Å². The maximum Gasteiger partial charge on any atom is 0.229 e. The van der Waals surface area contributed by atoms with Crippen LogP contribution >= 0.6 is 11.6 Å². The highest BCUT2D eigenvalue weighted by Gasteiger charge is 2.32. The highest BCUT2D eigenvalue weighted by atomic mass is 35.5. The summed E-state index contributed by atoms with van der Waals surface area (Å²) < 4.78 is 5.68. The Morgan fingerprint density at radius 1 is 1.19 bits per heavy atom. The van der Waals surface area contributed by atoms with Crippen LogP contribution in [0.5, 0.6) is 0 Å². The second-order valence-electron chi connectivity index (χ2n) is 7.31. The van der Waals surface area contributed by atoms with Crippen molar-refractivity contribution < 1.29 is 4.52 Å². The van der Waals surface area contributed by atoms with Crippen molar-refractivity contribution in [3.8, 4) is 11.4 Å². The summed E-state index contributed by atoms with van der Waals surface area (Å²) in [4.78, 5) is 15.6. The molecule has 4 aromatic rings. The van der Waals surface area contributed by atoms with E-state index in [4.69, 9.17) is 16.1 Å². The number of aromatic amines is 1. The molecule has 0 unspecified atom stereocenters. The van der Waals surface area contributed by atoms with Crippen LogP contribution in [0.1, 0.15) is 37.3 Å². The van der Waals surface area contributed by atoms with Crippen LogP contribution in [-0.4, -0.2) is 36.9 Å². The van der Waals surface area contributed by atoms with E-state index >= 15 is 0 Å². The summed E-state index contributed by atoms with van der Waals surface area (Å²) in [5.74, 6) is 2.57. The number of hydrogen-bond acceptors (Lipinski definition) is 8. The Morgan fingerprint density at radius 2 is 2.13 bits per heavy atom. The second kappa shape index (κ2) is 8.35. The third-order valence-corrected chi connectivity index (χ3v) is 5.44. The summed E-state index contributed by atoms with van der Waals surface area (Å²) in [6.45, 7) is 2.86. The molecule has 1 saturated heterocycles. The quantitative estimate of drug-likeness (QED) is 0.423. The third-order valence-electron chi connectivity index (χ3n) is 5.24. The highest BCUT2D eigenvalue weighted by Crippen LogP contribution is 2.36. The fourth-order valence-corrected chi connectivity index (χ4v) is 3.90. The molecule has 0 bridgehead atoms. The summed E-state index contributed by atoms with van der Waals surface area (Å²) >= 11 is 6.31. The van der Waals surface area contributed by atoms with Crippen molar-refractivity contribution in [2.45, 2.75) is 32.2 Å². The minimum Gasteiger partial charge on any atom is -0.358 e. The van der Waals surface area contributed by atoms with E-state index in [1.54, 1.807) is 12.3 Å². The van der Waals surface area contributed by atoms with E-state index in [0.717, 1.165) is 43.0 Å². The highest BCUT2D eigenvalue weighted by molar-refractivity contribution is 6.29. The maximum atomic E-state index is 6.31. The number of pyridine rings is 1. The van der Waals surface area contributed by atoms with Gasteiger partial charge in [0.25, 0.3) is 0 Å². The van der Waals surface area contributed by atoms with Crippen molar-refractivity contribution >= 4 is 29.2 Å². The summed E-state index contributed by atoms with van der Waals surface area (Å²) in [5.41, 5.74) is 2.52. The molecule has 0 radical (unpaired) electrons. The van der Waals surface area contributed by atoms with Gasteiger partial charge >= 0.3 is 0 Å². The van der Waals surface area contributed by atoms with E-state index in [2.05, 4.69) is 47.4 Å². The first-order chi connectivity index (χ1) is 15.2. The molecule has 1 fully saturated rings. The van der Waals surface area contributed by atoms with Crippen molar-refractivity contribution in [2.24, 2.45) is 0 Å². The molecule has 5 rings (SSSR count). The third kappa shape index (κ3) is 4.09. The van der Waals surface area contributed by atoms with Gasteiger partial charge in [-0.05, 0) is 31.4 Å². The lowest BCUT2D eigenvalue weighted by Gasteiger charge is -2.23. The largest absolute Gasteiger partial charge is 0.358 e. The molecular formula is C21H21ClN8O. The predicted molar refractivity (Wildman–Crippen MR) is 117 cm³/mol. The minimum atomic E-state index is -0.0200. The van der Waals surface area contributed by atoms with E-state index in [-0.39, 0.29) is 6.04 Å². The lowest BCUT2D eigenvalue weighted by atomic mass is 10.1. The molecule has 0 spiro atoms. The fraction of sp³-hybridized carbons (Fsp3) is 0.286. The zero-order valence-corrected chi connectivity index (χ0v) is 17.7. The molecule has 0 aromatic carbocycles. The Bertz CT molecular complexity index is 1180. The fourth-order valence-electron chi connectivity index (χ4n) is 3.72. The molecule has 10 heteroatoms. The van der Waals surface area contributed by atoms with Gasteiger partial charge < -0.3 is 14.7 Å². The molecule has 0 saturated carbocycles. The molecule has 0 amide bonds.